The average molecular weight is 238 g/mol. The van der Waals surface area contributed by atoms with E-state index in [4.69, 9.17) is 9.47 Å². The summed E-state index contributed by atoms with van der Waals surface area (Å²) in [4.78, 5) is 11.1. The largest absolute Gasteiger partial charge is 0.497 e. The molecule has 0 heterocycles. The fourth-order valence-electron chi connectivity index (χ4n) is 1.34. The zero-order valence-corrected chi connectivity index (χ0v) is 10.4. The van der Waals surface area contributed by atoms with Crippen molar-refractivity contribution in [2.45, 2.75) is 13.5 Å². The molecule has 0 aromatic heterocycles. The van der Waals surface area contributed by atoms with Crippen molar-refractivity contribution in [1.29, 1.82) is 0 Å². The zero-order valence-electron chi connectivity index (χ0n) is 10.4. The Balaban J connectivity index is 2.33. The Labute approximate surface area is 101 Å². The van der Waals surface area contributed by atoms with Gasteiger partial charge in [-0.05, 0) is 24.6 Å². The van der Waals surface area contributed by atoms with Crippen LogP contribution in [-0.4, -0.2) is 26.8 Å². The molecule has 0 fully saturated rings. The first kappa shape index (κ1) is 13.5. The molecule has 0 bridgehead atoms. The van der Waals surface area contributed by atoms with Gasteiger partial charge in [0, 0.05) is 0 Å². The summed E-state index contributed by atoms with van der Waals surface area (Å²) in [5.41, 5.74) is 1.04. The van der Waals surface area contributed by atoms with Gasteiger partial charge in [0.15, 0.2) is 0 Å². The number of rotatable bonds is 6. The SMILES string of the molecule is COC(=O)[C@H](C)COCc1ccc(OC)cc1. The Morgan fingerprint density at radius 2 is 1.88 bits per heavy atom. The van der Waals surface area contributed by atoms with Gasteiger partial charge in [0.1, 0.15) is 5.75 Å². The highest BCUT2D eigenvalue weighted by atomic mass is 16.5. The average Bonchev–Trinajstić information content (AvgIpc) is 2.38. The number of carbonyl (C=O) groups is 1. The Morgan fingerprint density at radius 1 is 1.24 bits per heavy atom. The van der Waals surface area contributed by atoms with E-state index in [0.29, 0.717) is 13.2 Å². The molecule has 0 saturated carbocycles. The van der Waals surface area contributed by atoms with Crippen molar-refractivity contribution in [3.05, 3.63) is 29.8 Å². The lowest BCUT2D eigenvalue weighted by Crippen LogP contribution is -2.18. The normalized spacial score (nSPS) is 11.9. The summed E-state index contributed by atoms with van der Waals surface area (Å²) in [5.74, 6) is 0.328. The third-order valence-corrected chi connectivity index (χ3v) is 2.40. The van der Waals surface area contributed by atoms with Gasteiger partial charge in [-0.1, -0.05) is 12.1 Å². The van der Waals surface area contributed by atoms with Crippen LogP contribution >= 0.6 is 0 Å². The molecular weight excluding hydrogens is 220 g/mol. The van der Waals surface area contributed by atoms with Crippen molar-refractivity contribution in [3.63, 3.8) is 0 Å². The van der Waals surface area contributed by atoms with Crippen molar-refractivity contribution < 1.29 is 19.0 Å². The maximum Gasteiger partial charge on any atom is 0.310 e. The van der Waals surface area contributed by atoms with Crippen LogP contribution in [0, 0.1) is 5.92 Å². The predicted molar refractivity (Wildman–Crippen MR) is 63.8 cm³/mol. The quantitative estimate of drug-likeness (QED) is 0.711. The first-order chi connectivity index (χ1) is 8.17. The molecule has 1 atom stereocenters. The van der Waals surface area contributed by atoms with Gasteiger partial charge in [-0.2, -0.15) is 0 Å². The van der Waals surface area contributed by atoms with Crippen molar-refractivity contribution in [2.75, 3.05) is 20.8 Å². The summed E-state index contributed by atoms with van der Waals surface area (Å²) in [7, 11) is 3.01. The van der Waals surface area contributed by atoms with Gasteiger partial charge >= 0.3 is 5.97 Å². The highest BCUT2D eigenvalue weighted by Crippen LogP contribution is 2.12. The molecule has 0 saturated heterocycles. The van der Waals surface area contributed by atoms with Crippen LogP contribution in [0.5, 0.6) is 5.75 Å². The first-order valence-electron chi connectivity index (χ1n) is 5.46. The Kier molecular flexibility index (Phi) is 5.49. The van der Waals surface area contributed by atoms with Crippen molar-refractivity contribution >= 4 is 5.97 Å². The van der Waals surface area contributed by atoms with E-state index in [1.807, 2.05) is 24.3 Å². The monoisotopic (exact) mass is 238 g/mol. The molecule has 0 radical (unpaired) electrons. The summed E-state index contributed by atoms with van der Waals surface area (Å²) < 4.78 is 15.1. The third kappa shape index (κ3) is 4.44. The fraction of sp³-hybridized carbons (Fsp3) is 0.462. The molecule has 0 aliphatic heterocycles. The van der Waals surface area contributed by atoms with Gasteiger partial charge in [-0.3, -0.25) is 4.79 Å². The Morgan fingerprint density at radius 3 is 2.41 bits per heavy atom. The highest BCUT2D eigenvalue weighted by molar-refractivity contribution is 5.71. The van der Waals surface area contributed by atoms with E-state index >= 15 is 0 Å². The minimum atomic E-state index is -0.250. The molecule has 0 N–H and O–H groups in total. The van der Waals surface area contributed by atoms with Gasteiger partial charge in [-0.15, -0.1) is 0 Å². The van der Waals surface area contributed by atoms with Crippen molar-refractivity contribution in [2.24, 2.45) is 5.92 Å². The van der Waals surface area contributed by atoms with E-state index in [1.165, 1.54) is 7.11 Å². The minimum Gasteiger partial charge on any atom is -0.497 e. The Hall–Kier alpha value is -1.55. The zero-order chi connectivity index (χ0) is 12.7. The van der Waals surface area contributed by atoms with Gasteiger partial charge in [-0.25, -0.2) is 0 Å². The van der Waals surface area contributed by atoms with E-state index < -0.39 is 0 Å². The first-order valence-corrected chi connectivity index (χ1v) is 5.46. The van der Waals surface area contributed by atoms with E-state index in [0.717, 1.165) is 11.3 Å². The smallest absolute Gasteiger partial charge is 0.310 e. The van der Waals surface area contributed by atoms with Crippen molar-refractivity contribution in [1.82, 2.24) is 0 Å². The summed E-state index contributed by atoms with van der Waals surface area (Å²) in [5, 5.41) is 0. The van der Waals surface area contributed by atoms with Gasteiger partial charge in [0.25, 0.3) is 0 Å². The maximum atomic E-state index is 11.1. The molecule has 4 heteroatoms. The van der Waals surface area contributed by atoms with E-state index in [-0.39, 0.29) is 11.9 Å². The number of benzene rings is 1. The van der Waals surface area contributed by atoms with Crippen molar-refractivity contribution in [3.8, 4) is 5.75 Å². The van der Waals surface area contributed by atoms with Crippen LogP contribution in [0.4, 0.5) is 0 Å². The summed E-state index contributed by atoms with van der Waals surface area (Å²) in [6.07, 6.45) is 0. The van der Waals surface area contributed by atoms with Gasteiger partial charge in [0.2, 0.25) is 0 Å². The lowest BCUT2D eigenvalue weighted by molar-refractivity contribution is -0.147. The third-order valence-electron chi connectivity index (χ3n) is 2.40. The van der Waals surface area contributed by atoms with Crippen LogP contribution in [0.25, 0.3) is 0 Å². The molecule has 0 spiro atoms. The second kappa shape index (κ2) is 6.91. The van der Waals surface area contributed by atoms with Crippen LogP contribution in [0.1, 0.15) is 12.5 Å². The summed E-state index contributed by atoms with van der Waals surface area (Å²) in [6.45, 7) is 2.61. The molecule has 0 amide bonds. The number of hydrogen-bond acceptors (Lipinski definition) is 4. The molecule has 94 valence electrons. The second-order valence-corrected chi connectivity index (χ2v) is 3.79. The molecular formula is C13H18O4. The molecule has 1 rings (SSSR count). The molecule has 0 aliphatic rings. The molecule has 1 aromatic rings. The highest BCUT2D eigenvalue weighted by Gasteiger charge is 2.12. The number of hydrogen-bond donors (Lipinski definition) is 0. The number of methoxy groups -OCH3 is 2. The van der Waals surface area contributed by atoms with Crippen LogP contribution < -0.4 is 4.74 Å². The standard InChI is InChI=1S/C13H18O4/c1-10(13(14)16-3)8-17-9-11-4-6-12(15-2)7-5-11/h4-7,10H,8-9H2,1-3H3/t10-/m1/s1. The summed E-state index contributed by atoms with van der Waals surface area (Å²) in [6, 6.07) is 7.62. The summed E-state index contributed by atoms with van der Waals surface area (Å²) >= 11 is 0. The molecule has 0 unspecified atom stereocenters. The second-order valence-electron chi connectivity index (χ2n) is 3.79. The van der Waals surface area contributed by atoms with E-state index in [1.54, 1.807) is 14.0 Å². The lowest BCUT2D eigenvalue weighted by atomic mass is 10.2. The Bertz CT molecular complexity index is 345. The molecule has 0 aliphatic carbocycles. The predicted octanol–water partition coefficient (Wildman–Crippen LogP) is 2.02. The van der Waals surface area contributed by atoms with Gasteiger partial charge in [0.05, 0.1) is 33.4 Å². The van der Waals surface area contributed by atoms with E-state index in [9.17, 15) is 4.79 Å². The number of carbonyl (C=O) groups excluding carboxylic acids is 1. The van der Waals surface area contributed by atoms with Crippen LogP contribution in [0.15, 0.2) is 24.3 Å². The minimum absolute atomic E-state index is 0.238. The maximum absolute atomic E-state index is 11.1. The molecule has 17 heavy (non-hydrogen) atoms. The topological polar surface area (TPSA) is 44.8 Å². The fourth-order valence-corrected chi connectivity index (χ4v) is 1.34. The lowest BCUT2D eigenvalue weighted by Gasteiger charge is -2.10. The number of ether oxygens (including phenoxy) is 3. The number of esters is 1. The molecule has 1 aromatic carbocycles. The van der Waals surface area contributed by atoms with Crippen LogP contribution in [0.2, 0.25) is 0 Å². The van der Waals surface area contributed by atoms with Gasteiger partial charge < -0.3 is 14.2 Å². The molecule has 4 nitrogen and oxygen atoms in total. The van der Waals surface area contributed by atoms with Crippen LogP contribution in [0.3, 0.4) is 0 Å². The van der Waals surface area contributed by atoms with Crippen LogP contribution in [-0.2, 0) is 20.9 Å². The van der Waals surface area contributed by atoms with E-state index in [2.05, 4.69) is 4.74 Å².